The van der Waals surface area contributed by atoms with E-state index in [1.165, 1.54) is 6.92 Å². The Morgan fingerprint density at radius 3 is 2.76 bits per heavy atom. The molecular formula is C11H17NO5. The van der Waals surface area contributed by atoms with Gasteiger partial charge in [0.1, 0.15) is 11.2 Å². The lowest BCUT2D eigenvalue weighted by atomic mass is 9.70. The predicted octanol–water partition coefficient (Wildman–Crippen LogP) is 1.20. The van der Waals surface area contributed by atoms with Gasteiger partial charge in [-0.15, -0.1) is 0 Å². The number of hydrogen-bond donors (Lipinski definition) is 0. The molecule has 1 rings (SSSR count). The van der Waals surface area contributed by atoms with Crippen LogP contribution in [-0.4, -0.2) is 29.8 Å². The van der Waals surface area contributed by atoms with Crippen molar-refractivity contribution in [3.8, 4) is 0 Å². The second-order valence-corrected chi connectivity index (χ2v) is 4.55. The van der Waals surface area contributed by atoms with Crippen molar-refractivity contribution >= 4 is 11.8 Å². The highest BCUT2D eigenvalue weighted by Gasteiger charge is 2.49. The Hall–Kier alpha value is -1.46. The molecule has 6 heteroatoms. The molecule has 0 amide bonds. The molecule has 1 fully saturated rings. The summed E-state index contributed by atoms with van der Waals surface area (Å²) in [4.78, 5) is 33.7. The molecule has 1 saturated heterocycles. The first-order valence-electron chi connectivity index (χ1n) is 5.73. The van der Waals surface area contributed by atoms with Gasteiger partial charge in [-0.3, -0.25) is 19.7 Å². The standard InChI is InChI=1S/C11H17NO5/c1-3-9(13)11(2,7-12(15)16)8-5-4-6-17-10(8)14/h8H,3-7H2,1-2H3. The summed E-state index contributed by atoms with van der Waals surface area (Å²) < 4.78 is 4.90. The van der Waals surface area contributed by atoms with Crippen LogP contribution in [0, 0.1) is 21.4 Å². The summed E-state index contributed by atoms with van der Waals surface area (Å²) >= 11 is 0. The van der Waals surface area contributed by atoms with E-state index in [0.29, 0.717) is 19.4 Å². The fourth-order valence-corrected chi connectivity index (χ4v) is 2.32. The molecule has 17 heavy (non-hydrogen) atoms. The van der Waals surface area contributed by atoms with Crippen LogP contribution >= 0.6 is 0 Å². The topological polar surface area (TPSA) is 86.5 Å². The molecule has 1 aliphatic rings. The van der Waals surface area contributed by atoms with Gasteiger partial charge in [0.05, 0.1) is 12.5 Å². The zero-order chi connectivity index (χ0) is 13.1. The van der Waals surface area contributed by atoms with Crippen LogP contribution in [0.1, 0.15) is 33.1 Å². The van der Waals surface area contributed by atoms with Gasteiger partial charge < -0.3 is 4.74 Å². The maximum absolute atomic E-state index is 11.9. The van der Waals surface area contributed by atoms with Crippen LogP contribution in [0.3, 0.4) is 0 Å². The number of rotatable bonds is 5. The van der Waals surface area contributed by atoms with Gasteiger partial charge in [0.15, 0.2) is 0 Å². The lowest BCUT2D eigenvalue weighted by Crippen LogP contribution is -2.47. The average Bonchev–Trinajstić information content (AvgIpc) is 2.27. The number of carbonyl (C=O) groups excluding carboxylic acids is 2. The molecule has 96 valence electrons. The monoisotopic (exact) mass is 243 g/mol. The minimum Gasteiger partial charge on any atom is -0.465 e. The zero-order valence-corrected chi connectivity index (χ0v) is 10.1. The number of nitrogens with zero attached hydrogens (tertiary/aromatic N) is 1. The first kappa shape index (κ1) is 13.6. The van der Waals surface area contributed by atoms with E-state index in [1.807, 2.05) is 0 Å². The molecule has 0 N–H and O–H groups in total. The summed E-state index contributed by atoms with van der Waals surface area (Å²) in [5, 5.41) is 10.7. The summed E-state index contributed by atoms with van der Waals surface area (Å²) in [6, 6.07) is 0. The SMILES string of the molecule is CCC(=O)C(C)(C[N+](=O)[O-])C1CCCOC1=O. The number of cyclic esters (lactones) is 1. The highest BCUT2D eigenvalue weighted by atomic mass is 16.6. The van der Waals surface area contributed by atoms with E-state index in [9.17, 15) is 19.7 Å². The third-order valence-corrected chi connectivity index (χ3v) is 3.35. The van der Waals surface area contributed by atoms with E-state index in [-0.39, 0.29) is 12.2 Å². The van der Waals surface area contributed by atoms with Crippen molar-refractivity contribution < 1.29 is 19.2 Å². The highest BCUT2D eigenvalue weighted by Crippen LogP contribution is 2.36. The largest absolute Gasteiger partial charge is 0.465 e. The van der Waals surface area contributed by atoms with E-state index in [0.717, 1.165) is 0 Å². The second kappa shape index (κ2) is 5.25. The summed E-state index contributed by atoms with van der Waals surface area (Å²) in [5.74, 6) is -1.42. The molecular weight excluding hydrogens is 226 g/mol. The first-order chi connectivity index (χ1) is 7.91. The van der Waals surface area contributed by atoms with Crippen molar-refractivity contribution in [3.63, 3.8) is 0 Å². The minimum absolute atomic E-state index is 0.189. The molecule has 2 unspecified atom stereocenters. The maximum atomic E-state index is 11.9. The number of carbonyl (C=O) groups is 2. The fourth-order valence-electron chi connectivity index (χ4n) is 2.32. The Balaban J connectivity index is 2.99. The number of ether oxygens (including phenoxy) is 1. The Kier molecular flexibility index (Phi) is 4.20. The molecule has 0 spiro atoms. The van der Waals surface area contributed by atoms with Gasteiger partial charge >= 0.3 is 5.97 Å². The number of esters is 1. The van der Waals surface area contributed by atoms with Gasteiger partial charge in [-0.2, -0.15) is 0 Å². The lowest BCUT2D eigenvalue weighted by molar-refractivity contribution is -0.495. The number of hydrogen-bond acceptors (Lipinski definition) is 5. The van der Waals surface area contributed by atoms with E-state index < -0.39 is 28.8 Å². The zero-order valence-electron chi connectivity index (χ0n) is 10.1. The van der Waals surface area contributed by atoms with Gasteiger partial charge in [0, 0.05) is 11.3 Å². The third-order valence-electron chi connectivity index (χ3n) is 3.35. The lowest BCUT2D eigenvalue weighted by Gasteiger charge is -2.33. The molecule has 1 heterocycles. The van der Waals surface area contributed by atoms with Crippen molar-refractivity contribution in [1.29, 1.82) is 0 Å². The maximum Gasteiger partial charge on any atom is 0.310 e. The molecule has 1 aliphatic heterocycles. The molecule has 0 aliphatic carbocycles. The van der Waals surface area contributed by atoms with Gasteiger partial charge in [0.2, 0.25) is 6.54 Å². The fraction of sp³-hybridized carbons (Fsp3) is 0.818. The van der Waals surface area contributed by atoms with Crippen molar-refractivity contribution in [2.75, 3.05) is 13.2 Å². The summed E-state index contributed by atoms with van der Waals surface area (Å²) in [5.41, 5.74) is -1.24. The van der Waals surface area contributed by atoms with Crippen LogP contribution in [-0.2, 0) is 14.3 Å². The first-order valence-corrected chi connectivity index (χ1v) is 5.73. The molecule has 0 aromatic rings. The average molecular weight is 243 g/mol. The van der Waals surface area contributed by atoms with Crippen LogP contribution in [0.4, 0.5) is 0 Å². The Morgan fingerprint density at radius 2 is 2.29 bits per heavy atom. The molecule has 0 saturated carbocycles. The van der Waals surface area contributed by atoms with Crippen LogP contribution < -0.4 is 0 Å². The Bertz CT molecular complexity index is 341. The number of nitro groups is 1. The minimum atomic E-state index is -1.24. The van der Waals surface area contributed by atoms with Crippen LogP contribution in [0.25, 0.3) is 0 Å². The Morgan fingerprint density at radius 1 is 1.65 bits per heavy atom. The predicted molar refractivity (Wildman–Crippen MR) is 58.9 cm³/mol. The smallest absolute Gasteiger partial charge is 0.310 e. The van der Waals surface area contributed by atoms with Gasteiger partial charge in [-0.1, -0.05) is 6.92 Å². The molecule has 0 bridgehead atoms. The van der Waals surface area contributed by atoms with Gasteiger partial charge in [-0.05, 0) is 19.8 Å². The third kappa shape index (κ3) is 2.81. The second-order valence-electron chi connectivity index (χ2n) is 4.55. The van der Waals surface area contributed by atoms with Crippen LogP contribution in [0.15, 0.2) is 0 Å². The van der Waals surface area contributed by atoms with Crippen LogP contribution in [0.5, 0.6) is 0 Å². The van der Waals surface area contributed by atoms with E-state index in [2.05, 4.69) is 0 Å². The molecule has 2 atom stereocenters. The van der Waals surface area contributed by atoms with E-state index >= 15 is 0 Å². The van der Waals surface area contributed by atoms with Crippen molar-refractivity contribution in [2.24, 2.45) is 11.3 Å². The highest BCUT2D eigenvalue weighted by molar-refractivity contribution is 5.90. The van der Waals surface area contributed by atoms with E-state index in [1.54, 1.807) is 6.92 Å². The molecule has 0 aromatic carbocycles. The molecule has 6 nitrogen and oxygen atoms in total. The molecule has 0 radical (unpaired) electrons. The number of Topliss-reactive ketones (excluding diaryl/α,β-unsaturated/α-hetero) is 1. The van der Waals surface area contributed by atoms with Crippen molar-refractivity contribution in [3.05, 3.63) is 10.1 Å². The van der Waals surface area contributed by atoms with Gasteiger partial charge in [0.25, 0.3) is 0 Å². The van der Waals surface area contributed by atoms with Crippen molar-refractivity contribution in [1.82, 2.24) is 0 Å². The van der Waals surface area contributed by atoms with Crippen LogP contribution in [0.2, 0.25) is 0 Å². The molecule has 0 aromatic heterocycles. The van der Waals surface area contributed by atoms with Crippen molar-refractivity contribution in [2.45, 2.75) is 33.1 Å². The Labute approximate surface area is 99.5 Å². The summed E-state index contributed by atoms with van der Waals surface area (Å²) in [6.07, 6.45) is 1.32. The summed E-state index contributed by atoms with van der Waals surface area (Å²) in [7, 11) is 0. The number of ketones is 1. The summed E-state index contributed by atoms with van der Waals surface area (Å²) in [6.45, 7) is 2.97. The quantitative estimate of drug-likeness (QED) is 0.411. The normalized spacial score (nSPS) is 23.6. The van der Waals surface area contributed by atoms with Gasteiger partial charge in [-0.25, -0.2) is 0 Å². The van der Waals surface area contributed by atoms with E-state index in [4.69, 9.17) is 4.74 Å².